The summed E-state index contributed by atoms with van der Waals surface area (Å²) in [5, 5.41) is 2.76. The van der Waals surface area contributed by atoms with Gasteiger partial charge in [-0.3, -0.25) is 9.59 Å². The maximum Gasteiger partial charge on any atom is 0.238 e. The molecule has 0 bridgehead atoms. The molecule has 4 heteroatoms. The molecule has 4 rings (SSSR count). The van der Waals surface area contributed by atoms with E-state index in [0.717, 1.165) is 5.56 Å². The van der Waals surface area contributed by atoms with Crippen molar-refractivity contribution in [1.29, 1.82) is 0 Å². The molecule has 0 saturated heterocycles. The Bertz CT molecular complexity index is 988. The van der Waals surface area contributed by atoms with Crippen LogP contribution in [0, 0.1) is 0 Å². The molecule has 134 valence electrons. The smallest absolute Gasteiger partial charge is 0.238 e. The van der Waals surface area contributed by atoms with E-state index in [2.05, 4.69) is 5.32 Å². The molecule has 0 aliphatic carbocycles. The third-order valence-corrected chi connectivity index (χ3v) is 5.11. The van der Waals surface area contributed by atoms with Crippen LogP contribution in [-0.4, -0.2) is 17.9 Å². The standard InChI is InChI=1S/C23H18FNO2/c24-21(20(26)17-11-5-2-6-12-17)23(15-16-9-3-1-4-10-16)18-13-7-8-14-19(18)25-22(23)27/h1-14,21H,15H2,(H,25,27)/t21-,23-/m0/s1. The molecular weight excluding hydrogens is 341 g/mol. The van der Waals surface area contributed by atoms with E-state index in [4.69, 9.17) is 0 Å². The highest BCUT2D eigenvalue weighted by atomic mass is 19.1. The van der Waals surface area contributed by atoms with Gasteiger partial charge < -0.3 is 5.32 Å². The van der Waals surface area contributed by atoms with Crippen molar-refractivity contribution < 1.29 is 14.0 Å². The highest BCUT2D eigenvalue weighted by Gasteiger charge is 2.55. The predicted molar refractivity (Wildman–Crippen MR) is 103 cm³/mol. The molecule has 0 radical (unpaired) electrons. The molecule has 3 nitrogen and oxygen atoms in total. The fourth-order valence-electron chi connectivity index (χ4n) is 3.74. The Morgan fingerprint density at radius 2 is 1.48 bits per heavy atom. The zero-order valence-electron chi connectivity index (χ0n) is 14.6. The first-order valence-corrected chi connectivity index (χ1v) is 8.81. The van der Waals surface area contributed by atoms with E-state index in [1.165, 1.54) is 0 Å². The van der Waals surface area contributed by atoms with Crippen molar-refractivity contribution in [3.05, 3.63) is 102 Å². The van der Waals surface area contributed by atoms with Gasteiger partial charge >= 0.3 is 0 Å². The van der Waals surface area contributed by atoms with Crippen LogP contribution < -0.4 is 5.32 Å². The molecule has 0 unspecified atom stereocenters. The molecular formula is C23H18FNO2. The normalized spacial score (nSPS) is 19.2. The summed E-state index contributed by atoms with van der Waals surface area (Å²) in [6, 6.07) is 24.5. The number of para-hydroxylation sites is 1. The van der Waals surface area contributed by atoms with Crippen molar-refractivity contribution in [2.24, 2.45) is 0 Å². The number of hydrogen-bond donors (Lipinski definition) is 1. The van der Waals surface area contributed by atoms with Gasteiger partial charge in [-0.1, -0.05) is 78.9 Å². The van der Waals surface area contributed by atoms with Crippen LogP contribution in [0.2, 0.25) is 0 Å². The minimum atomic E-state index is -2.00. The number of hydrogen-bond acceptors (Lipinski definition) is 2. The average molecular weight is 359 g/mol. The Hall–Kier alpha value is -3.27. The third-order valence-electron chi connectivity index (χ3n) is 5.11. The van der Waals surface area contributed by atoms with Gasteiger partial charge in [0.15, 0.2) is 12.0 Å². The van der Waals surface area contributed by atoms with Crippen molar-refractivity contribution in [2.75, 3.05) is 5.32 Å². The lowest BCUT2D eigenvalue weighted by Gasteiger charge is -2.30. The average Bonchev–Trinajstić information content (AvgIpc) is 3.00. The van der Waals surface area contributed by atoms with Crippen LogP contribution in [0.15, 0.2) is 84.9 Å². The lowest BCUT2D eigenvalue weighted by Crippen LogP contribution is -2.49. The Labute approximate surface area is 156 Å². The summed E-state index contributed by atoms with van der Waals surface area (Å²) < 4.78 is 15.8. The third kappa shape index (κ3) is 2.83. The van der Waals surface area contributed by atoms with Crippen molar-refractivity contribution in [1.82, 2.24) is 0 Å². The number of rotatable bonds is 5. The molecule has 3 aromatic carbocycles. The second-order valence-electron chi connectivity index (χ2n) is 6.73. The summed E-state index contributed by atoms with van der Waals surface area (Å²) in [4.78, 5) is 26.0. The van der Waals surface area contributed by atoms with Gasteiger partial charge in [-0.25, -0.2) is 4.39 Å². The number of nitrogens with one attached hydrogen (secondary N) is 1. The first kappa shape index (κ1) is 17.2. The minimum Gasteiger partial charge on any atom is -0.325 e. The fraction of sp³-hybridized carbons (Fsp3) is 0.130. The number of anilines is 1. The summed E-state index contributed by atoms with van der Waals surface area (Å²) in [5.41, 5.74) is 0.547. The highest BCUT2D eigenvalue weighted by molar-refractivity contribution is 6.13. The fourth-order valence-corrected chi connectivity index (χ4v) is 3.74. The molecule has 3 aromatic rings. The van der Waals surface area contributed by atoms with Crippen molar-refractivity contribution in [2.45, 2.75) is 18.0 Å². The Kier molecular flexibility index (Phi) is 4.32. The predicted octanol–water partition coefficient (Wildman–Crippen LogP) is 4.34. The van der Waals surface area contributed by atoms with Gasteiger partial charge in [0.25, 0.3) is 0 Å². The molecule has 1 amide bonds. The van der Waals surface area contributed by atoms with Gasteiger partial charge in [-0.2, -0.15) is 0 Å². The number of carbonyl (C=O) groups excluding carboxylic acids is 2. The number of Topliss-reactive ketones (excluding diaryl/α,β-unsaturated/α-hetero) is 1. The van der Waals surface area contributed by atoms with Crippen LogP contribution in [0.25, 0.3) is 0 Å². The molecule has 27 heavy (non-hydrogen) atoms. The zero-order valence-corrected chi connectivity index (χ0v) is 14.6. The summed E-state index contributed by atoms with van der Waals surface area (Å²) in [6.07, 6.45) is -1.89. The maximum atomic E-state index is 15.8. The lowest BCUT2D eigenvalue weighted by molar-refractivity contribution is -0.122. The molecule has 0 spiro atoms. The van der Waals surface area contributed by atoms with Gasteiger partial charge in [0, 0.05) is 11.3 Å². The van der Waals surface area contributed by atoms with Crippen molar-refractivity contribution >= 4 is 17.4 Å². The minimum absolute atomic E-state index is 0.108. The molecule has 1 N–H and O–H groups in total. The van der Waals surface area contributed by atoms with Gasteiger partial charge in [-0.05, 0) is 23.6 Å². The van der Waals surface area contributed by atoms with Crippen LogP contribution in [0.5, 0.6) is 0 Å². The number of carbonyl (C=O) groups is 2. The van der Waals surface area contributed by atoms with Gasteiger partial charge in [-0.15, -0.1) is 0 Å². The Balaban J connectivity index is 1.84. The van der Waals surface area contributed by atoms with Crippen LogP contribution in [0.1, 0.15) is 21.5 Å². The molecule has 1 aliphatic heterocycles. The zero-order chi connectivity index (χ0) is 18.9. The van der Waals surface area contributed by atoms with Crippen molar-refractivity contribution in [3.63, 3.8) is 0 Å². The Morgan fingerprint density at radius 3 is 2.19 bits per heavy atom. The topological polar surface area (TPSA) is 46.2 Å². The quantitative estimate of drug-likeness (QED) is 0.689. The van der Waals surface area contributed by atoms with Crippen LogP contribution in [0.3, 0.4) is 0 Å². The number of benzene rings is 3. The van der Waals surface area contributed by atoms with E-state index >= 15 is 4.39 Å². The van der Waals surface area contributed by atoms with E-state index in [0.29, 0.717) is 11.3 Å². The summed E-state index contributed by atoms with van der Waals surface area (Å²) in [7, 11) is 0. The second kappa shape index (κ2) is 6.80. The summed E-state index contributed by atoms with van der Waals surface area (Å²) in [6.45, 7) is 0. The number of amides is 1. The van der Waals surface area contributed by atoms with Crippen LogP contribution in [-0.2, 0) is 16.6 Å². The molecule has 0 fully saturated rings. The number of alkyl halides is 1. The number of fused-ring (bicyclic) bond motifs is 1. The molecule has 0 aromatic heterocycles. The van der Waals surface area contributed by atoms with Gasteiger partial charge in [0.1, 0.15) is 5.41 Å². The summed E-state index contributed by atoms with van der Waals surface area (Å²) >= 11 is 0. The first-order chi connectivity index (χ1) is 13.1. The molecule has 0 saturated carbocycles. The maximum absolute atomic E-state index is 15.8. The molecule has 1 heterocycles. The SMILES string of the molecule is O=C(c1ccccc1)[C@H](F)[C@@]1(Cc2ccccc2)C(=O)Nc2ccccc21. The number of ketones is 1. The largest absolute Gasteiger partial charge is 0.325 e. The van der Waals surface area contributed by atoms with E-state index in [9.17, 15) is 9.59 Å². The summed E-state index contributed by atoms with van der Waals surface area (Å²) in [5.74, 6) is -1.16. The Morgan fingerprint density at radius 1 is 0.889 bits per heavy atom. The second-order valence-corrected chi connectivity index (χ2v) is 6.73. The van der Waals surface area contributed by atoms with Gasteiger partial charge in [0.05, 0.1) is 0 Å². The molecule has 1 aliphatic rings. The van der Waals surface area contributed by atoms with E-state index in [1.807, 2.05) is 30.3 Å². The van der Waals surface area contributed by atoms with E-state index < -0.39 is 23.3 Å². The van der Waals surface area contributed by atoms with Crippen LogP contribution in [0.4, 0.5) is 10.1 Å². The lowest BCUT2D eigenvalue weighted by atomic mass is 9.71. The number of halogens is 1. The molecule has 2 atom stereocenters. The van der Waals surface area contributed by atoms with E-state index in [1.54, 1.807) is 54.6 Å². The monoisotopic (exact) mass is 359 g/mol. The van der Waals surface area contributed by atoms with Crippen LogP contribution >= 0.6 is 0 Å². The van der Waals surface area contributed by atoms with E-state index in [-0.39, 0.29) is 12.0 Å². The van der Waals surface area contributed by atoms with Gasteiger partial charge in [0.2, 0.25) is 5.91 Å². The van der Waals surface area contributed by atoms with Crippen molar-refractivity contribution in [3.8, 4) is 0 Å². The first-order valence-electron chi connectivity index (χ1n) is 8.81. The highest BCUT2D eigenvalue weighted by Crippen LogP contribution is 2.44.